The van der Waals surface area contributed by atoms with E-state index in [0.717, 1.165) is 24.0 Å². The SMILES string of the molecule is Nc1ncc(C2=CCN(S(=O)(=O)C3CC3)CC2)nc1-c1nnc(-c2ccccc2)o1.[HH]. The molecule has 2 N–H and O–H groups in total. The van der Waals surface area contributed by atoms with E-state index in [1.807, 2.05) is 36.4 Å². The molecule has 10 heteroatoms. The van der Waals surface area contributed by atoms with Crippen LogP contribution < -0.4 is 5.73 Å². The number of hydrogen-bond donors (Lipinski definition) is 1. The Hall–Kier alpha value is -3.11. The summed E-state index contributed by atoms with van der Waals surface area (Å²) in [6, 6.07) is 9.42. The standard InChI is InChI=1S/C20H20N6O3S.H2/c21-18-17(20-25-24-19(29-20)14-4-2-1-3-5-14)23-16(12-22-18)13-8-10-26(11-9-13)30(27,28)15-6-7-15;/h1-5,8,12,15H,6-7,9-11H2,(H2,21,22);1H. The zero-order valence-corrected chi connectivity index (χ0v) is 16.9. The van der Waals surface area contributed by atoms with Crippen molar-refractivity contribution in [3.63, 3.8) is 0 Å². The summed E-state index contributed by atoms with van der Waals surface area (Å²) in [5.74, 6) is 0.751. The Morgan fingerprint density at radius 1 is 1.13 bits per heavy atom. The first-order valence-electron chi connectivity index (χ1n) is 9.72. The highest BCUT2D eigenvalue weighted by Crippen LogP contribution is 2.33. The third-order valence-electron chi connectivity index (χ3n) is 5.26. The molecule has 5 rings (SSSR count). The number of anilines is 1. The fourth-order valence-corrected chi connectivity index (χ4v) is 5.20. The second-order valence-electron chi connectivity index (χ2n) is 7.35. The first kappa shape index (κ1) is 18.9. The van der Waals surface area contributed by atoms with Crippen LogP contribution in [0.1, 0.15) is 26.4 Å². The van der Waals surface area contributed by atoms with Crippen molar-refractivity contribution >= 4 is 21.4 Å². The lowest BCUT2D eigenvalue weighted by molar-refractivity contribution is 0.440. The molecular formula is C20H22N6O3S. The lowest BCUT2D eigenvalue weighted by Crippen LogP contribution is -2.37. The van der Waals surface area contributed by atoms with Crippen molar-refractivity contribution < 1.29 is 14.3 Å². The molecule has 0 atom stereocenters. The van der Waals surface area contributed by atoms with Gasteiger partial charge in [0.1, 0.15) is 0 Å². The number of hydrogen-bond acceptors (Lipinski definition) is 8. The number of nitrogen functional groups attached to an aromatic ring is 1. The molecule has 0 spiro atoms. The van der Waals surface area contributed by atoms with Crippen molar-refractivity contribution in [2.75, 3.05) is 18.8 Å². The average Bonchev–Trinajstić information content (AvgIpc) is 3.53. The molecule has 3 heterocycles. The van der Waals surface area contributed by atoms with E-state index in [1.54, 1.807) is 10.5 Å². The normalized spacial score (nSPS) is 17.7. The van der Waals surface area contributed by atoms with E-state index in [-0.39, 0.29) is 18.4 Å². The van der Waals surface area contributed by atoms with Crippen LogP contribution in [0.3, 0.4) is 0 Å². The van der Waals surface area contributed by atoms with Gasteiger partial charge in [0.25, 0.3) is 5.89 Å². The van der Waals surface area contributed by atoms with Crippen LogP contribution in [0.5, 0.6) is 0 Å². The Kier molecular flexibility index (Phi) is 4.59. The van der Waals surface area contributed by atoms with Gasteiger partial charge in [-0.3, -0.25) is 0 Å². The van der Waals surface area contributed by atoms with Crippen LogP contribution in [-0.4, -0.2) is 51.2 Å². The Morgan fingerprint density at radius 2 is 1.90 bits per heavy atom. The van der Waals surface area contributed by atoms with Gasteiger partial charge >= 0.3 is 0 Å². The third-order valence-corrected chi connectivity index (χ3v) is 7.62. The van der Waals surface area contributed by atoms with E-state index in [9.17, 15) is 8.42 Å². The van der Waals surface area contributed by atoms with Crippen molar-refractivity contribution in [2.45, 2.75) is 24.5 Å². The monoisotopic (exact) mass is 426 g/mol. The second kappa shape index (κ2) is 7.29. The van der Waals surface area contributed by atoms with Gasteiger partial charge in [-0.15, -0.1) is 10.2 Å². The molecule has 156 valence electrons. The van der Waals surface area contributed by atoms with Crippen LogP contribution in [0.15, 0.2) is 47.0 Å². The molecule has 1 aliphatic heterocycles. The molecule has 0 unspecified atom stereocenters. The topological polar surface area (TPSA) is 128 Å². The van der Waals surface area contributed by atoms with E-state index in [2.05, 4.69) is 20.2 Å². The van der Waals surface area contributed by atoms with Gasteiger partial charge in [0, 0.05) is 20.1 Å². The number of sulfonamides is 1. The minimum absolute atomic E-state index is 0. The Labute approximate surface area is 175 Å². The van der Waals surface area contributed by atoms with Gasteiger partial charge in [0.05, 0.1) is 17.1 Å². The molecule has 0 bridgehead atoms. The zero-order valence-electron chi connectivity index (χ0n) is 16.1. The lowest BCUT2D eigenvalue weighted by atomic mass is 10.1. The minimum Gasteiger partial charge on any atom is -0.414 e. The lowest BCUT2D eigenvalue weighted by Gasteiger charge is -2.25. The van der Waals surface area contributed by atoms with Crippen LogP contribution in [0.2, 0.25) is 0 Å². The molecule has 9 nitrogen and oxygen atoms in total. The second-order valence-corrected chi connectivity index (χ2v) is 9.56. The average molecular weight is 427 g/mol. The van der Waals surface area contributed by atoms with Crippen LogP contribution in [0, 0.1) is 0 Å². The predicted octanol–water partition coefficient (Wildman–Crippen LogP) is 2.60. The number of rotatable bonds is 5. The van der Waals surface area contributed by atoms with Crippen molar-refractivity contribution in [3.8, 4) is 23.0 Å². The highest BCUT2D eigenvalue weighted by atomic mass is 32.2. The van der Waals surface area contributed by atoms with Crippen molar-refractivity contribution in [2.24, 2.45) is 0 Å². The van der Waals surface area contributed by atoms with Crippen molar-refractivity contribution in [1.29, 1.82) is 0 Å². The van der Waals surface area contributed by atoms with Crippen molar-refractivity contribution in [3.05, 3.63) is 48.3 Å². The number of nitrogens with zero attached hydrogens (tertiary/aromatic N) is 5. The van der Waals surface area contributed by atoms with Crippen LogP contribution in [0.25, 0.3) is 28.6 Å². The molecule has 3 aromatic rings. The third kappa shape index (κ3) is 3.48. The maximum absolute atomic E-state index is 12.4. The van der Waals surface area contributed by atoms with Gasteiger partial charge in [-0.05, 0) is 37.0 Å². The van der Waals surface area contributed by atoms with E-state index in [4.69, 9.17) is 10.2 Å². The molecule has 0 amide bonds. The molecule has 2 aliphatic rings. The van der Waals surface area contributed by atoms with Gasteiger partial charge in [0.15, 0.2) is 11.5 Å². The highest BCUT2D eigenvalue weighted by molar-refractivity contribution is 7.90. The van der Waals surface area contributed by atoms with Gasteiger partial charge in [-0.25, -0.2) is 18.4 Å². The number of nitrogens with two attached hydrogens (primary N) is 1. The van der Waals surface area contributed by atoms with Gasteiger partial charge in [-0.1, -0.05) is 24.3 Å². The summed E-state index contributed by atoms with van der Waals surface area (Å²) >= 11 is 0. The first-order chi connectivity index (χ1) is 14.5. The summed E-state index contributed by atoms with van der Waals surface area (Å²) in [4.78, 5) is 8.82. The van der Waals surface area contributed by atoms with E-state index >= 15 is 0 Å². The molecule has 2 aromatic heterocycles. The number of aromatic nitrogens is 4. The molecule has 30 heavy (non-hydrogen) atoms. The highest BCUT2D eigenvalue weighted by Gasteiger charge is 2.40. The van der Waals surface area contributed by atoms with Gasteiger partial charge in [0.2, 0.25) is 15.9 Å². The molecule has 0 saturated heterocycles. The Balaban J connectivity index is 0.00000231. The maximum atomic E-state index is 12.4. The fraction of sp³-hybridized carbons (Fsp3) is 0.300. The van der Waals surface area contributed by atoms with E-state index < -0.39 is 10.0 Å². The van der Waals surface area contributed by atoms with Gasteiger partial charge in [-0.2, -0.15) is 4.31 Å². The van der Waals surface area contributed by atoms with Crippen LogP contribution in [-0.2, 0) is 10.0 Å². The molecule has 1 fully saturated rings. The zero-order chi connectivity index (χ0) is 20.7. The molecular weight excluding hydrogens is 404 g/mol. The van der Waals surface area contributed by atoms with E-state index in [1.165, 1.54) is 0 Å². The molecule has 1 aromatic carbocycles. The Bertz CT molecular complexity index is 1220. The quantitative estimate of drug-likeness (QED) is 0.659. The Morgan fingerprint density at radius 3 is 2.60 bits per heavy atom. The van der Waals surface area contributed by atoms with E-state index in [0.29, 0.717) is 36.8 Å². The fourth-order valence-electron chi connectivity index (χ4n) is 3.42. The van der Waals surface area contributed by atoms with Gasteiger partial charge < -0.3 is 10.2 Å². The molecule has 1 saturated carbocycles. The molecule has 0 radical (unpaired) electrons. The summed E-state index contributed by atoms with van der Waals surface area (Å²) in [5.41, 5.74) is 8.67. The maximum Gasteiger partial charge on any atom is 0.270 e. The minimum atomic E-state index is -3.18. The number of benzene rings is 1. The summed E-state index contributed by atoms with van der Waals surface area (Å²) in [6.45, 7) is 0.777. The van der Waals surface area contributed by atoms with Crippen molar-refractivity contribution in [1.82, 2.24) is 24.5 Å². The first-order valence-corrected chi connectivity index (χ1v) is 11.2. The summed E-state index contributed by atoms with van der Waals surface area (Å²) in [6.07, 6.45) is 5.55. The smallest absolute Gasteiger partial charge is 0.270 e. The summed E-state index contributed by atoms with van der Waals surface area (Å²) in [7, 11) is -3.18. The van der Waals surface area contributed by atoms with Crippen LogP contribution >= 0.6 is 0 Å². The molecule has 1 aliphatic carbocycles. The summed E-state index contributed by atoms with van der Waals surface area (Å²) < 4.78 is 32.1. The predicted molar refractivity (Wildman–Crippen MR) is 113 cm³/mol. The largest absolute Gasteiger partial charge is 0.414 e. The van der Waals surface area contributed by atoms with Crippen LogP contribution in [0.4, 0.5) is 5.82 Å². The summed E-state index contributed by atoms with van der Waals surface area (Å²) in [5, 5.41) is 7.95.